The van der Waals surface area contributed by atoms with Gasteiger partial charge in [0, 0.05) is 49.9 Å². The second-order valence-electron chi connectivity index (χ2n) is 22.8. The molecule has 0 unspecified atom stereocenters. The number of rotatable bonds is 11. The standard InChI is InChI=1S/2C23H28NSi.C14H26O2.Ir/c2*1-16-12-18(14-19(13-16)23(2,3)4)22-21-9-8-20(25(5,6)7)15-17(21)10-11-24-22;1-6-11(7-2)12(15)10-13(16)14(5,8-3)9-4;/h2*8-11,13-15H,1-7H3;10-11,16H,6-9H2,1-5H3;/q2*-1;;/b;;13-10-;. The van der Waals surface area contributed by atoms with Crippen LogP contribution < -0.4 is 10.4 Å². The van der Waals surface area contributed by atoms with Gasteiger partial charge in [-0.15, -0.1) is 69.8 Å². The zero-order chi connectivity index (χ0) is 49.6. The van der Waals surface area contributed by atoms with Crippen LogP contribution in [0.15, 0.2) is 97.0 Å². The van der Waals surface area contributed by atoms with E-state index in [4.69, 9.17) is 9.97 Å². The molecule has 0 spiro atoms. The minimum atomic E-state index is -1.32. The number of hydrogen-bond donors (Lipinski definition) is 1. The number of carbonyl (C=O) groups excluding carboxylic acids is 1. The first-order chi connectivity index (χ1) is 30.6. The molecule has 7 heteroatoms. The van der Waals surface area contributed by atoms with E-state index in [1.807, 2.05) is 47.0 Å². The Labute approximate surface area is 422 Å². The third-order valence-electron chi connectivity index (χ3n) is 13.4. The Bertz CT molecular complexity index is 2490. The molecule has 0 aliphatic carbocycles. The predicted molar refractivity (Wildman–Crippen MR) is 293 cm³/mol. The summed E-state index contributed by atoms with van der Waals surface area (Å²) in [7, 11) is -2.64. The van der Waals surface area contributed by atoms with Crippen LogP contribution in [0.25, 0.3) is 44.1 Å². The topological polar surface area (TPSA) is 63.1 Å². The van der Waals surface area contributed by atoms with Gasteiger partial charge in [0.05, 0.1) is 16.1 Å². The molecule has 0 atom stereocenters. The number of ketones is 1. The van der Waals surface area contributed by atoms with Crippen LogP contribution in [0.3, 0.4) is 0 Å². The van der Waals surface area contributed by atoms with Crippen LogP contribution in [0, 0.1) is 37.3 Å². The van der Waals surface area contributed by atoms with E-state index in [0.29, 0.717) is 0 Å². The van der Waals surface area contributed by atoms with Crippen LogP contribution >= 0.6 is 0 Å². The summed E-state index contributed by atoms with van der Waals surface area (Å²) in [6.07, 6.45) is 8.69. The summed E-state index contributed by atoms with van der Waals surface area (Å²) in [5.74, 6) is 0.366. The number of aliphatic hydroxyl groups excluding tert-OH is 1. The number of aliphatic hydroxyl groups is 1. The van der Waals surface area contributed by atoms with Gasteiger partial charge in [0.1, 0.15) is 5.76 Å². The van der Waals surface area contributed by atoms with Gasteiger partial charge >= 0.3 is 0 Å². The van der Waals surface area contributed by atoms with Crippen LogP contribution in [0.1, 0.15) is 124 Å². The van der Waals surface area contributed by atoms with Crippen molar-refractivity contribution in [3.05, 3.63) is 131 Å². The molecule has 67 heavy (non-hydrogen) atoms. The summed E-state index contributed by atoms with van der Waals surface area (Å²) in [6.45, 7) is 42.2. The van der Waals surface area contributed by atoms with Gasteiger partial charge in [0.2, 0.25) is 0 Å². The van der Waals surface area contributed by atoms with Crippen molar-refractivity contribution in [1.82, 2.24) is 9.97 Å². The van der Waals surface area contributed by atoms with Crippen molar-refractivity contribution in [3.63, 3.8) is 0 Å². The van der Waals surface area contributed by atoms with Crippen molar-refractivity contribution in [3.8, 4) is 22.5 Å². The van der Waals surface area contributed by atoms with Crippen molar-refractivity contribution in [2.24, 2.45) is 11.3 Å². The van der Waals surface area contributed by atoms with Gasteiger partial charge < -0.3 is 15.1 Å². The smallest absolute Gasteiger partial charge is 0.162 e. The molecule has 6 rings (SSSR count). The van der Waals surface area contributed by atoms with E-state index in [9.17, 15) is 9.90 Å². The average molecular weight is 1110 g/mol. The minimum Gasteiger partial charge on any atom is -0.512 e. The monoisotopic (exact) mass is 1110 g/mol. The van der Waals surface area contributed by atoms with Gasteiger partial charge in [0.15, 0.2) is 5.78 Å². The maximum atomic E-state index is 11.9. The third kappa shape index (κ3) is 15.0. The second kappa shape index (κ2) is 23.1. The molecule has 4 nitrogen and oxygen atoms in total. The van der Waals surface area contributed by atoms with Crippen molar-refractivity contribution in [2.75, 3.05) is 0 Å². The van der Waals surface area contributed by atoms with Gasteiger partial charge in [-0.3, -0.25) is 4.79 Å². The molecule has 0 amide bonds. The molecule has 1 radical (unpaired) electrons. The number of aryl methyl sites for hydroxylation is 2. The fourth-order valence-corrected chi connectivity index (χ4v) is 10.3. The number of fused-ring (bicyclic) bond motifs is 2. The molecule has 6 aromatic rings. The Kier molecular flexibility index (Phi) is 19.7. The van der Waals surface area contributed by atoms with Gasteiger partial charge in [-0.25, -0.2) is 0 Å². The molecule has 0 aliphatic rings. The number of benzene rings is 4. The van der Waals surface area contributed by atoms with E-state index in [-0.39, 0.29) is 53.8 Å². The van der Waals surface area contributed by atoms with Crippen molar-refractivity contribution in [2.45, 2.75) is 166 Å². The van der Waals surface area contributed by atoms with E-state index < -0.39 is 16.1 Å². The predicted octanol–water partition coefficient (Wildman–Crippen LogP) is 16.0. The first-order valence-electron chi connectivity index (χ1n) is 24.4. The van der Waals surface area contributed by atoms with Crippen LogP contribution in [0.4, 0.5) is 0 Å². The van der Waals surface area contributed by atoms with E-state index in [2.05, 4.69) is 180 Å². The molecule has 1 N–H and O–H groups in total. The summed E-state index contributed by atoms with van der Waals surface area (Å²) in [6, 6.07) is 34.1. The summed E-state index contributed by atoms with van der Waals surface area (Å²) < 4.78 is 0. The van der Waals surface area contributed by atoms with Crippen LogP contribution in [0.2, 0.25) is 39.3 Å². The molecule has 0 aliphatic heterocycles. The Morgan fingerprint density at radius 1 is 0.612 bits per heavy atom. The molecule has 0 bridgehead atoms. The van der Waals surface area contributed by atoms with Crippen molar-refractivity contribution >= 4 is 53.8 Å². The number of aromatic nitrogens is 2. The molecule has 2 heterocycles. The summed E-state index contributed by atoms with van der Waals surface area (Å²) >= 11 is 0. The molecule has 2 aromatic heterocycles. The molecule has 363 valence electrons. The van der Waals surface area contributed by atoms with E-state index >= 15 is 0 Å². The van der Waals surface area contributed by atoms with E-state index in [1.54, 1.807) is 0 Å². The van der Waals surface area contributed by atoms with Gasteiger partial charge in [-0.1, -0.05) is 176 Å². The molecular formula is C60H82IrN2O2Si2-2. The zero-order valence-electron chi connectivity index (χ0n) is 44.6. The molecule has 0 fully saturated rings. The number of nitrogens with zero attached hydrogens (tertiary/aromatic N) is 2. The Balaban J connectivity index is 0.000000273. The normalized spacial score (nSPS) is 12.6. The van der Waals surface area contributed by atoms with Gasteiger partial charge in [-0.05, 0) is 81.6 Å². The zero-order valence-corrected chi connectivity index (χ0v) is 49.0. The number of pyridine rings is 2. The minimum absolute atomic E-state index is 0. The molecule has 0 saturated carbocycles. The van der Waals surface area contributed by atoms with Gasteiger partial charge in [-0.2, -0.15) is 0 Å². The Hall–Kier alpha value is -4.01. The van der Waals surface area contributed by atoms with Crippen molar-refractivity contribution in [1.29, 1.82) is 0 Å². The van der Waals surface area contributed by atoms with Crippen LogP contribution in [-0.2, 0) is 35.7 Å². The molecular weight excluding hydrogens is 1030 g/mol. The Morgan fingerprint density at radius 2 is 0.985 bits per heavy atom. The van der Waals surface area contributed by atoms with Gasteiger partial charge in [0.25, 0.3) is 0 Å². The SMILES string of the molecule is CCC(CC)C(=O)/C=C(\O)C(C)(CC)CC.Cc1[c-]c(-c2nccc3cc([Si](C)(C)C)ccc23)cc(C(C)(C)C)c1.Cc1[c-]c(-c2nccc3cc([Si](C)(C)C)ccc23)cc(C(C)(C)C)c1.[Ir]. The number of hydrogen-bond acceptors (Lipinski definition) is 4. The van der Waals surface area contributed by atoms with Crippen LogP contribution in [0.5, 0.6) is 0 Å². The fourth-order valence-electron chi connectivity index (χ4n) is 8.00. The third-order valence-corrected chi connectivity index (χ3v) is 17.4. The molecule has 4 aromatic carbocycles. The first-order valence-corrected chi connectivity index (χ1v) is 31.4. The number of allylic oxidation sites excluding steroid dienone is 2. The fraction of sp³-hybridized carbons (Fsp3) is 0.450. The summed E-state index contributed by atoms with van der Waals surface area (Å²) in [5.41, 5.74) is 9.23. The molecule has 0 saturated heterocycles. The van der Waals surface area contributed by atoms with E-state index in [0.717, 1.165) is 48.2 Å². The maximum Gasteiger partial charge on any atom is 0.162 e. The first kappa shape index (κ1) is 57.3. The maximum absolute atomic E-state index is 11.9. The Morgan fingerprint density at radius 3 is 1.30 bits per heavy atom. The van der Waals surface area contributed by atoms with Crippen molar-refractivity contribution < 1.29 is 30.0 Å². The quantitative estimate of drug-likeness (QED) is 0.0608. The summed E-state index contributed by atoms with van der Waals surface area (Å²) in [5, 5.41) is 18.0. The van der Waals surface area contributed by atoms with E-state index in [1.165, 1.54) is 60.2 Å². The number of carbonyl (C=O) groups is 1. The average Bonchev–Trinajstić information content (AvgIpc) is 3.24. The van der Waals surface area contributed by atoms with Crippen LogP contribution in [-0.4, -0.2) is 37.0 Å². The summed E-state index contributed by atoms with van der Waals surface area (Å²) in [4.78, 5) is 21.3. The largest absolute Gasteiger partial charge is 0.512 e. The second-order valence-corrected chi connectivity index (χ2v) is 33.0.